The number of cyclic esters (lactones) is 1. The van der Waals surface area contributed by atoms with Crippen molar-refractivity contribution in [3.63, 3.8) is 0 Å². The van der Waals surface area contributed by atoms with Crippen LogP contribution in [0.15, 0.2) is 11.1 Å². The molecule has 1 atom stereocenters. The van der Waals surface area contributed by atoms with E-state index in [-0.39, 0.29) is 5.03 Å². The molecule has 0 aromatic heterocycles. The maximum Gasteiger partial charge on any atom is 0.334 e. The number of rotatable bonds is 0. The summed E-state index contributed by atoms with van der Waals surface area (Å²) in [6, 6.07) is 0. The average Bonchev–Trinajstić information content (AvgIpc) is 1.85. The minimum Gasteiger partial charge on any atom is -0.427 e. The second-order valence-corrected chi connectivity index (χ2v) is 1.75. The van der Waals surface area contributed by atoms with Crippen LogP contribution in [-0.4, -0.2) is 17.4 Å². The van der Waals surface area contributed by atoms with Gasteiger partial charge in [-0.15, -0.1) is 0 Å². The molecule has 1 rings (SSSR count). The first-order valence-electron chi connectivity index (χ1n) is 1.96. The summed E-state index contributed by atoms with van der Waals surface area (Å²) in [7, 11) is 0. The molecule has 4 heteroatoms. The van der Waals surface area contributed by atoms with Gasteiger partial charge < -0.3 is 9.84 Å². The molecule has 0 aromatic carbocycles. The number of ether oxygens (including phenoxy) is 1. The summed E-state index contributed by atoms with van der Waals surface area (Å²) < 4.78 is 4.17. The Bertz CT molecular complexity index is 151. The fourth-order valence-corrected chi connectivity index (χ4v) is 0.518. The monoisotopic (exact) mass is 134 g/mol. The molecule has 0 aromatic rings. The van der Waals surface area contributed by atoms with Crippen LogP contribution in [0.3, 0.4) is 0 Å². The van der Waals surface area contributed by atoms with E-state index in [0.717, 1.165) is 6.08 Å². The Morgan fingerprint density at radius 1 is 1.88 bits per heavy atom. The SMILES string of the molecule is O=C1C=C(Cl)[C@H](O)O1. The Hall–Kier alpha value is -0.540. The molecule has 0 amide bonds. The number of aliphatic hydroxyl groups is 1. The van der Waals surface area contributed by atoms with Crippen LogP contribution >= 0.6 is 11.6 Å². The largest absolute Gasteiger partial charge is 0.427 e. The van der Waals surface area contributed by atoms with Gasteiger partial charge in [0.1, 0.15) is 0 Å². The molecule has 0 bridgehead atoms. The highest BCUT2D eigenvalue weighted by molar-refractivity contribution is 6.32. The Labute approximate surface area is 50.5 Å². The molecule has 0 unspecified atom stereocenters. The summed E-state index contributed by atoms with van der Waals surface area (Å²) in [6.45, 7) is 0. The molecule has 1 aliphatic heterocycles. The highest BCUT2D eigenvalue weighted by Gasteiger charge is 2.21. The van der Waals surface area contributed by atoms with E-state index in [1.807, 2.05) is 0 Å². The molecule has 0 saturated heterocycles. The lowest BCUT2D eigenvalue weighted by atomic mass is 10.5. The Morgan fingerprint density at radius 3 is 2.62 bits per heavy atom. The first-order valence-corrected chi connectivity index (χ1v) is 2.34. The van der Waals surface area contributed by atoms with Crippen LogP contribution < -0.4 is 0 Å². The van der Waals surface area contributed by atoms with Gasteiger partial charge >= 0.3 is 5.97 Å². The number of carbonyl (C=O) groups is 1. The molecule has 0 fully saturated rings. The van der Waals surface area contributed by atoms with Gasteiger partial charge in [0.05, 0.1) is 5.03 Å². The summed E-state index contributed by atoms with van der Waals surface area (Å²) in [5.41, 5.74) is 0. The average molecular weight is 135 g/mol. The highest BCUT2D eigenvalue weighted by Crippen LogP contribution is 2.15. The minimum atomic E-state index is -1.23. The lowest BCUT2D eigenvalue weighted by Gasteiger charge is -1.97. The van der Waals surface area contributed by atoms with Gasteiger partial charge in [0.2, 0.25) is 6.29 Å². The highest BCUT2D eigenvalue weighted by atomic mass is 35.5. The molecule has 1 heterocycles. The van der Waals surface area contributed by atoms with Crippen molar-refractivity contribution < 1.29 is 14.6 Å². The van der Waals surface area contributed by atoms with E-state index in [9.17, 15) is 4.79 Å². The number of hydrogen-bond donors (Lipinski definition) is 1. The van der Waals surface area contributed by atoms with Crippen molar-refractivity contribution in [2.24, 2.45) is 0 Å². The van der Waals surface area contributed by atoms with Crippen LogP contribution in [0.4, 0.5) is 0 Å². The second-order valence-electron chi connectivity index (χ2n) is 1.32. The summed E-state index contributed by atoms with van der Waals surface area (Å²) >= 11 is 5.22. The van der Waals surface area contributed by atoms with Gasteiger partial charge in [0, 0.05) is 6.08 Å². The van der Waals surface area contributed by atoms with E-state index < -0.39 is 12.3 Å². The molecule has 0 saturated carbocycles. The molecule has 0 radical (unpaired) electrons. The fraction of sp³-hybridized carbons (Fsp3) is 0.250. The van der Waals surface area contributed by atoms with Crippen molar-refractivity contribution >= 4 is 17.6 Å². The zero-order chi connectivity index (χ0) is 6.15. The van der Waals surface area contributed by atoms with E-state index in [1.165, 1.54) is 0 Å². The van der Waals surface area contributed by atoms with Crippen molar-refractivity contribution in [3.8, 4) is 0 Å². The molecule has 0 spiro atoms. The van der Waals surface area contributed by atoms with Crippen LogP contribution in [0.2, 0.25) is 0 Å². The van der Waals surface area contributed by atoms with Crippen molar-refractivity contribution in [1.82, 2.24) is 0 Å². The van der Waals surface area contributed by atoms with Crippen LogP contribution in [0, 0.1) is 0 Å². The van der Waals surface area contributed by atoms with Crippen molar-refractivity contribution in [1.29, 1.82) is 0 Å². The third-order valence-corrected chi connectivity index (χ3v) is 1.02. The van der Waals surface area contributed by atoms with Crippen LogP contribution in [0.25, 0.3) is 0 Å². The van der Waals surface area contributed by atoms with Gasteiger partial charge in [-0.2, -0.15) is 0 Å². The number of aliphatic hydroxyl groups excluding tert-OH is 1. The predicted molar refractivity (Wildman–Crippen MR) is 26.0 cm³/mol. The molecule has 8 heavy (non-hydrogen) atoms. The van der Waals surface area contributed by atoms with Gasteiger partial charge in [-0.1, -0.05) is 11.6 Å². The van der Waals surface area contributed by atoms with E-state index in [4.69, 9.17) is 16.7 Å². The zero-order valence-electron chi connectivity index (χ0n) is 3.80. The first-order chi connectivity index (χ1) is 3.70. The van der Waals surface area contributed by atoms with Gasteiger partial charge in [-0.3, -0.25) is 0 Å². The smallest absolute Gasteiger partial charge is 0.334 e. The normalized spacial score (nSPS) is 27.5. The summed E-state index contributed by atoms with van der Waals surface area (Å²) in [5, 5.41) is 8.56. The summed E-state index contributed by atoms with van der Waals surface area (Å²) in [4.78, 5) is 10.1. The second kappa shape index (κ2) is 1.76. The topological polar surface area (TPSA) is 46.5 Å². The molecule has 1 aliphatic rings. The summed E-state index contributed by atoms with van der Waals surface area (Å²) in [6.07, 6.45) is -0.198. The van der Waals surface area contributed by atoms with E-state index >= 15 is 0 Å². The Balaban J connectivity index is 2.73. The lowest BCUT2D eigenvalue weighted by Crippen LogP contribution is -2.06. The third-order valence-electron chi connectivity index (χ3n) is 0.719. The molecule has 0 aliphatic carbocycles. The van der Waals surface area contributed by atoms with E-state index in [2.05, 4.69) is 4.74 Å². The molecule has 1 N–H and O–H groups in total. The first kappa shape index (κ1) is 5.59. The maximum atomic E-state index is 10.1. The van der Waals surface area contributed by atoms with Crippen molar-refractivity contribution in [2.45, 2.75) is 6.29 Å². The maximum absolute atomic E-state index is 10.1. The van der Waals surface area contributed by atoms with Crippen molar-refractivity contribution in [2.75, 3.05) is 0 Å². The number of carbonyl (C=O) groups excluding carboxylic acids is 1. The standard InChI is InChI=1S/C4H3ClO3/c5-2-1-3(6)8-4(2)7/h1,4,7H/t4-/m1/s1. The quantitative estimate of drug-likeness (QED) is 0.474. The third kappa shape index (κ3) is 0.827. The number of esters is 1. The lowest BCUT2D eigenvalue weighted by molar-refractivity contribution is -0.150. The number of halogens is 1. The minimum absolute atomic E-state index is 0.0370. The van der Waals surface area contributed by atoms with Gasteiger partial charge in [0.15, 0.2) is 0 Å². The van der Waals surface area contributed by atoms with Crippen LogP contribution in [0.5, 0.6) is 0 Å². The number of hydrogen-bond acceptors (Lipinski definition) is 3. The van der Waals surface area contributed by atoms with E-state index in [1.54, 1.807) is 0 Å². The summed E-state index contributed by atoms with van der Waals surface area (Å²) in [5.74, 6) is -0.595. The Morgan fingerprint density at radius 2 is 2.50 bits per heavy atom. The van der Waals surface area contributed by atoms with E-state index in [0.29, 0.717) is 0 Å². The van der Waals surface area contributed by atoms with Crippen LogP contribution in [0.1, 0.15) is 0 Å². The molecule has 44 valence electrons. The van der Waals surface area contributed by atoms with Gasteiger partial charge in [0.25, 0.3) is 0 Å². The van der Waals surface area contributed by atoms with Crippen LogP contribution in [-0.2, 0) is 9.53 Å². The molecular formula is C4H3ClO3. The molecule has 3 nitrogen and oxygen atoms in total. The van der Waals surface area contributed by atoms with Gasteiger partial charge in [-0.25, -0.2) is 4.79 Å². The van der Waals surface area contributed by atoms with Crippen molar-refractivity contribution in [3.05, 3.63) is 11.1 Å². The predicted octanol–water partition coefficient (Wildman–Crippen LogP) is -0.0157. The molecular weight excluding hydrogens is 131 g/mol. The fourth-order valence-electron chi connectivity index (χ4n) is 0.384. The Kier molecular flexibility index (Phi) is 1.23. The zero-order valence-corrected chi connectivity index (χ0v) is 4.55. The van der Waals surface area contributed by atoms with Gasteiger partial charge in [-0.05, 0) is 0 Å².